The second-order valence-corrected chi connectivity index (χ2v) is 3.25. The first-order chi connectivity index (χ1) is 7.13. The molecule has 0 radical (unpaired) electrons. The minimum absolute atomic E-state index is 0.299. The van der Waals surface area contributed by atoms with Gasteiger partial charge in [-0.1, -0.05) is 12.1 Å². The van der Waals surface area contributed by atoms with Crippen molar-refractivity contribution in [1.82, 2.24) is 0 Å². The van der Waals surface area contributed by atoms with E-state index in [4.69, 9.17) is 10.5 Å². The summed E-state index contributed by atoms with van der Waals surface area (Å²) < 4.78 is 16.9. The lowest BCUT2D eigenvalue weighted by Gasteiger charge is -2.10. The van der Waals surface area contributed by atoms with Crippen LogP contribution >= 0.6 is 0 Å². The average Bonchev–Trinajstić information content (AvgIpc) is 2.18. The zero-order valence-electron chi connectivity index (χ0n) is 8.57. The van der Waals surface area contributed by atoms with Crippen LogP contribution in [0.5, 0.6) is 5.75 Å². The van der Waals surface area contributed by atoms with Gasteiger partial charge in [0.15, 0.2) is 0 Å². The SMILES string of the molecule is CC(=O)Oc1ccc([C@H](N)CCF)cc1. The van der Waals surface area contributed by atoms with Gasteiger partial charge in [-0.05, 0) is 24.1 Å². The lowest BCUT2D eigenvalue weighted by atomic mass is 10.1. The average molecular weight is 211 g/mol. The summed E-state index contributed by atoms with van der Waals surface area (Å²) in [6, 6.07) is 6.46. The van der Waals surface area contributed by atoms with Gasteiger partial charge in [0.1, 0.15) is 5.75 Å². The summed E-state index contributed by atoms with van der Waals surface area (Å²) in [5.74, 6) is 0.106. The molecule has 1 aromatic rings. The number of alkyl halides is 1. The maximum Gasteiger partial charge on any atom is 0.308 e. The van der Waals surface area contributed by atoms with Crippen molar-refractivity contribution in [2.24, 2.45) is 5.73 Å². The summed E-state index contributed by atoms with van der Waals surface area (Å²) in [6.45, 7) is 0.898. The molecule has 1 atom stereocenters. The van der Waals surface area contributed by atoms with Gasteiger partial charge in [-0.15, -0.1) is 0 Å². The number of halogens is 1. The fraction of sp³-hybridized carbons (Fsp3) is 0.364. The molecule has 0 bridgehead atoms. The smallest absolute Gasteiger partial charge is 0.308 e. The first-order valence-electron chi connectivity index (χ1n) is 4.73. The third-order valence-electron chi connectivity index (χ3n) is 1.99. The standard InChI is InChI=1S/C11H14FNO2/c1-8(14)15-10-4-2-9(3-5-10)11(13)6-7-12/h2-5,11H,6-7,13H2,1H3/t11-/m1/s1. The van der Waals surface area contributed by atoms with E-state index in [1.807, 2.05) is 0 Å². The molecule has 0 saturated carbocycles. The van der Waals surface area contributed by atoms with Crippen LogP contribution in [0.15, 0.2) is 24.3 Å². The molecular formula is C11H14FNO2. The van der Waals surface area contributed by atoms with Crippen LogP contribution in [0.2, 0.25) is 0 Å². The Kier molecular flexibility index (Phi) is 4.24. The zero-order valence-corrected chi connectivity index (χ0v) is 8.57. The van der Waals surface area contributed by atoms with E-state index in [-0.39, 0.29) is 12.0 Å². The van der Waals surface area contributed by atoms with Gasteiger partial charge in [0.25, 0.3) is 0 Å². The van der Waals surface area contributed by atoms with Crippen molar-refractivity contribution >= 4 is 5.97 Å². The number of ether oxygens (including phenoxy) is 1. The Morgan fingerprint density at radius 2 is 2.07 bits per heavy atom. The van der Waals surface area contributed by atoms with Crippen molar-refractivity contribution in [3.8, 4) is 5.75 Å². The van der Waals surface area contributed by atoms with E-state index in [1.165, 1.54) is 6.92 Å². The summed E-state index contributed by atoms with van der Waals surface area (Å²) >= 11 is 0. The molecule has 15 heavy (non-hydrogen) atoms. The highest BCUT2D eigenvalue weighted by Gasteiger charge is 2.05. The number of rotatable bonds is 4. The normalized spacial score (nSPS) is 12.2. The van der Waals surface area contributed by atoms with Gasteiger partial charge in [-0.2, -0.15) is 0 Å². The first kappa shape index (κ1) is 11.7. The van der Waals surface area contributed by atoms with Crippen molar-refractivity contribution in [1.29, 1.82) is 0 Å². The van der Waals surface area contributed by atoms with Gasteiger partial charge in [0.2, 0.25) is 0 Å². The van der Waals surface area contributed by atoms with E-state index >= 15 is 0 Å². The monoisotopic (exact) mass is 211 g/mol. The van der Waals surface area contributed by atoms with E-state index in [1.54, 1.807) is 24.3 Å². The molecule has 0 unspecified atom stereocenters. The maximum atomic E-state index is 12.0. The summed E-state index contributed by atoms with van der Waals surface area (Å²) in [7, 11) is 0. The van der Waals surface area contributed by atoms with Gasteiger partial charge < -0.3 is 10.5 Å². The van der Waals surface area contributed by atoms with Crippen LogP contribution in [0, 0.1) is 0 Å². The number of nitrogens with two attached hydrogens (primary N) is 1. The highest BCUT2D eigenvalue weighted by Crippen LogP contribution is 2.18. The topological polar surface area (TPSA) is 52.3 Å². The Hall–Kier alpha value is -1.42. The summed E-state index contributed by atoms with van der Waals surface area (Å²) in [4.78, 5) is 10.6. The van der Waals surface area contributed by atoms with E-state index < -0.39 is 6.67 Å². The van der Waals surface area contributed by atoms with Crippen molar-refractivity contribution < 1.29 is 13.9 Å². The van der Waals surface area contributed by atoms with Crippen LogP contribution in [0.4, 0.5) is 4.39 Å². The summed E-state index contributed by atoms with van der Waals surface area (Å²) in [5, 5.41) is 0. The van der Waals surface area contributed by atoms with Crippen LogP contribution < -0.4 is 10.5 Å². The van der Waals surface area contributed by atoms with Crippen molar-refractivity contribution in [3.63, 3.8) is 0 Å². The Balaban J connectivity index is 2.67. The Morgan fingerprint density at radius 3 is 2.53 bits per heavy atom. The molecule has 0 fully saturated rings. The predicted octanol–water partition coefficient (Wildman–Crippen LogP) is 1.97. The highest BCUT2D eigenvalue weighted by molar-refractivity contribution is 5.69. The molecule has 82 valence electrons. The third-order valence-corrected chi connectivity index (χ3v) is 1.99. The minimum atomic E-state index is -0.438. The van der Waals surface area contributed by atoms with Crippen molar-refractivity contribution in [2.45, 2.75) is 19.4 Å². The molecule has 0 saturated heterocycles. The number of hydrogen-bond acceptors (Lipinski definition) is 3. The van der Waals surface area contributed by atoms with Gasteiger partial charge in [-0.25, -0.2) is 0 Å². The first-order valence-corrected chi connectivity index (χ1v) is 4.73. The highest BCUT2D eigenvalue weighted by atomic mass is 19.1. The Morgan fingerprint density at radius 1 is 1.47 bits per heavy atom. The molecule has 0 aliphatic heterocycles. The van der Waals surface area contributed by atoms with Crippen molar-refractivity contribution in [2.75, 3.05) is 6.67 Å². The van der Waals surface area contributed by atoms with E-state index in [2.05, 4.69) is 0 Å². The number of benzene rings is 1. The fourth-order valence-electron chi connectivity index (χ4n) is 1.23. The van der Waals surface area contributed by atoms with Crippen molar-refractivity contribution in [3.05, 3.63) is 29.8 Å². The second-order valence-electron chi connectivity index (χ2n) is 3.25. The molecule has 2 N–H and O–H groups in total. The molecular weight excluding hydrogens is 197 g/mol. The molecule has 0 aromatic heterocycles. The number of esters is 1. The Labute approximate surface area is 88.0 Å². The molecule has 0 spiro atoms. The quantitative estimate of drug-likeness (QED) is 0.612. The van der Waals surface area contributed by atoms with Crippen LogP contribution in [0.25, 0.3) is 0 Å². The molecule has 1 rings (SSSR count). The van der Waals surface area contributed by atoms with E-state index in [0.717, 1.165) is 5.56 Å². The van der Waals surface area contributed by atoms with Gasteiger partial charge in [0, 0.05) is 13.0 Å². The van der Waals surface area contributed by atoms with Crippen LogP contribution in [0.1, 0.15) is 24.9 Å². The fourth-order valence-corrected chi connectivity index (χ4v) is 1.23. The van der Waals surface area contributed by atoms with E-state index in [9.17, 15) is 9.18 Å². The second kappa shape index (κ2) is 5.46. The third kappa shape index (κ3) is 3.67. The maximum absolute atomic E-state index is 12.0. The van der Waals surface area contributed by atoms with E-state index in [0.29, 0.717) is 12.2 Å². The molecule has 1 aromatic carbocycles. The van der Waals surface area contributed by atoms with Gasteiger partial charge >= 0.3 is 5.97 Å². The lowest BCUT2D eigenvalue weighted by molar-refractivity contribution is -0.131. The number of carbonyl (C=O) groups excluding carboxylic acids is 1. The van der Waals surface area contributed by atoms with Crippen LogP contribution in [-0.2, 0) is 4.79 Å². The van der Waals surface area contributed by atoms with Crippen LogP contribution in [0.3, 0.4) is 0 Å². The number of hydrogen-bond donors (Lipinski definition) is 1. The molecule has 0 amide bonds. The number of carbonyl (C=O) groups is 1. The molecule has 0 aliphatic carbocycles. The molecule has 4 heteroatoms. The largest absolute Gasteiger partial charge is 0.427 e. The van der Waals surface area contributed by atoms with Gasteiger partial charge in [0.05, 0.1) is 6.67 Å². The molecule has 0 aliphatic rings. The summed E-state index contributed by atoms with van der Waals surface area (Å²) in [5.41, 5.74) is 6.55. The minimum Gasteiger partial charge on any atom is -0.427 e. The Bertz CT molecular complexity index is 324. The summed E-state index contributed by atoms with van der Waals surface area (Å²) in [6.07, 6.45) is 0.299. The lowest BCUT2D eigenvalue weighted by Crippen LogP contribution is -2.10. The molecule has 0 heterocycles. The predicted molar refractivity (Wildman–Crippen MR) is 55.3 cm³/mol. The molecule has 3 nitrogen and oxygen atoms in total. The van der Waals surface area contributed by atoms with Gasteiger partial charge in [-0.3, -0.25) is 9.18 Å². The zero-order chi connectivity index (χ0) is 11.3. The van der Waals surface area contributed by atoms with Crippen LogP contribution in [-0.4, -0.2) is 12.6 Å².